The van der Waals surface area contributed by atoms with Crippen molar-refractivity contribution >= 4 is 28.3 Å². The molecule has 1 aliphatic rings. The highest BCUT2D eigenvalue weighted by molar-refractivity contribution is 5.94. The normalized spacial score (nSPS) is 13.2. The van der Waals surface area contributed by atoms with Gasteiger partial charge in [-0.15, -0.1) is 0 Å². The Hall–Kier alpha value is -2.88. The maximum Gasteiger partial charge on any atom is 0.253 e. The number of hydrogen-bond acceptors (Lipinski definition) is 3. The second kappa shape index (κ2) is 5.88. The third-order valence-electron chi connectivity index (χ3n) is 4.72. The van der Waals surface area contributed by atoms with Crippen LogP contribution < -0.4 is 4.90 Å². The number of carbonyl (C=O) groups excluding carboxylic acids is 1. The average Bonchev–Trinajstić information content (AvgIpc) is 3.02. The van der Waals surface area contributed by atoms with E-state index < -0.39 is 0 Å². The highest BCUT2D eigenvalue weighted by Crippen LogP contribution is 2.35. The van der Waals surface area contributed by atoms with Crippen molar-refractivity contribution in [2.75, 3.05) is 25.5 Å². The van der Waals surface area contributed by atoms with E-state index in [1.165, 1.54) is 16.5 Å². The Morgan fingerprint density at radius 2 is 1.84 bits per heavy atom. The second-order valence-corrected chi connectivity index (χ2v) is 6.82. The smallest absolute Gasteiger partial charge is 0.253 e. The standard InChI is InChI=1S/C21H21N3O/c1-14-4-5-16-13-17-10-11-24(20(17)22-19(16)12-14)18-8-6-15(7-9-18)21(25)23(2)3/h4-9,12-13H,10-11H2,1-3H3. The number of aryl methyl sites for hydroxylation is 1. The van der Waals surface area contributed by atoms with Gasteiger partial charge >= 0.3 is 0 Å². The van der Waals surface area contributed by atoms with E-state index in [1.54, 1.807) is 19.0 Å². The molecule has 4 nitrogen and oxygen atoms in total. The summed E-state index contributed by atoms with van der Waals surface area (Å²) in [7, 11) is 3.54. The molecular weight excluding hydrogens is 310 g/mol. The Bertz CT molecular complexity index is 961. The first kappa shape index (κ1) is 15.6. The summed E-state index contributed by atoms with van der Waals surface area (Å²) in [5.41, 5.74) is 5.31. The van der Waals surface area contributed by atoms with Crippen molar-refractivity contribution in [3.8, 4) is 0 Å². The predicted molar refractivity (Wildman–Crippen MR) is 102 cm³/mol. The fraction of sp³-hybridized carbons (Fsp3) is 0.238. The van der Waals surface area contributed by atoms with Crippen LogP contribution >= 0.6 is 0 Å². The number of rotatable bonds is 2. The van der Waals surface area contributed by atoms with Gasteiger partial charge in [-0.2, -0.15) is 0 Å². The maximum absolute atomic E-state index is 12.1. The number of benzene rings is 2. The number of nitrogens with zero attached hydrogens (tertiary/aromatic N) is 3. The molecule has 2 aromatic carbocycles. The van der Waals surface area contributed by atoms with Gasteiger partial charge in [-0.05, 0) is 60.9 Å². The fourth-order valence-electron chi connectivity index (χ4n) is 3.36. The van der Waals surface area contributed by atoms with E-state index in [0.29, 0.717) is 5.56 Å². The van der Waals surface area contributed by atoms with Gasteiger partial charge in [-0.25, -0.2) is 4.98 Å². The van der Waals surface area contributed by atoms with E-state index in [2.05, 4.69) is 36.1 Å². The third-order valence-corrected chi connectivity index (χ3v) is 4.72. The molecule has 0 atom stereocenters. The average molecular weight is 331 g/mol. The van der Waals surface area contributed by atoms with Crippen LogP contribution in [0.15, 0.2) is 48.5 Å². The summed E-state index contributed by atoms with van der Waals surface area (Å²) in [4.78, 5) is 20.8. The van der Waals surface area contributed by atoms with Crippen LogP contribution in [0.5, 0.6) is 0 Å². The number of carbonyl (C=O) groups is 1. The SMILES string of the molecule is Cc1ccc2cc3c(nc2c1)N(c1ccc(C(=O)N(C)C)cc1)CC3. The molecule has 0 spiro atoms. The van der Waals surface area contributed by atoms with Crippen LogP contribution in [0.3, 0.4) is 0 Å². The summed E-state index contributed by atoms with van der Waals surface area (Å²) in [5.74, 6) is 1.05. The van der Waals surface area contributed by atoms with Crippen molar-refractivity contribution < 1.29 is 4.79 Å². The van der Waals surface area contributed by atoms with Crippen molar-refractivity contribution in [2.24, 2.45) is 0 Å². The van der Waals surface area contributed by atoms with Crippen molar-refractivity contribution in [1.82, 2.24) is 9.88 Å². The Morgan fingerprint density at radius 3 is 2.56 bits per heavy atom. The largest absolute Gasteiger partial charge is 0.345 e. The first-order valence-electron chi connectivity index (χ1n) is 8.52. The molecule has 126 valence electrons. The van der Waals surface area contributed by atoms with E-state index in [4.69, 9.17) is 4.98 Å². The van der Waals surface area contributed by atoms with E-state index >= 15 is 0 Å². The summed E-state index contributed by atoms with van der Waals surface area (Å²) >= 11 is 0. The lowest BCUT2D eigenvalue weighted by molar-refractivity contribution is 0.0827. The van der Waals surface area contributed by atoms with Gasteiger partial charge in [0.15, 0.2) is 0 Å². The molecule has 0 saturated carbocycles. The number of amides is 1. The molecule has 0 fully saturated rings. The van der Waals surface area contributed by atoms with Crippen LogP contribution in [0.4, 0.5) is 11.5 Å². The van der Waals surface area contributed by atoms with Crippen LogP contribution in [0, 0.1) is 6.92 Å². The number of anilines is 2. The van der Waals surface area contributed by atoms with Crippen molar-refractivity contribution in [3.63, 3.8) is 0 Å². The van der Waals surface area contributed by atoms with Gasteiger partial charge in [-0.1, -0.05) is 12.1 Å². The topological polar surface area (TPSA) is 36.4 Å². The molecule has 1 aliphatic heterocycles. The number of hydrogen-bond donors (Lipinski definition) is 0. The molecule has 0 aliphatic carbocycles. The zero-order valence-corrected chi connectivity index (χ0v) is 14.8. The van der Waals surface area contributed by atoms with Gasteiger partial charge in [0, 0.05) is 37.3 Å². The third kappa shape index (κ3) is 2.74. The van der Waals surface area contributed by atoms with Crippen molar-refractivity contribution in [1.29, 1.82) is 0 Å². The number of fused-ring (bicyclic) bond motifs is 2. The lowest BCUT2D eigenvalue weighted by atomic mass is 10.1. The van der Waals surface area contributed by atoms with Crippen LogP contribution in [-0.4, -0.2) is 36.4 Å². The molecule has 0 saturated heterocycles. The molecule has 4 heteroatoms. The van der Waals surface area contributed by atoms with Crippen LogP contribution in [-0.2, 0) is 6.42 Å². The minimum Gasteiger partial charge on any atom is -0.345 e. The monoisotopic (exact) mass is 331 g/mol. The summed E-state index contributed by atoms with van der Waals surface area (Å²) in [6.45, 7) is 3.01. The van der Waals surface area contributed by atoms with E-state index in [1.807, 2.05) is 24.3 Å². The first-order chi connectivity index (χ1) is 12.0. The molecule has 3 aromatic rings. The number of aromatic nitrogens is 1. The summed E-state index contributed by atoms with van der Waals surface area (Å²) in [6.07, 6.45) is 0.991. The van der Waals surface area contributed by atoms with Crippen LogP contribution in [0.2, 0.25) is 0 Å². The highest BCUT2D eigenvalue weighted by atomic mass is 16.2. The molecule has 0 bridgehead atoms. The zero-order valence-electron chi connectivity index (χ0n) is 14.8. The second-order valence-electron chi connectivity index (χ2n) is 6.82. The summed E-state index contributed by atoms with van der Waals surface area (Å²) < 4.78 is 0. The Labute approximate surface area is 147 Å². The minimum atomic E-state index is 0.0213. The van der Waals surface area contributed by atoms with Crippen molar-refractivity contribution in [2.45, 2.75) is 13.3 Å². The fourth-order valence-corrected chi connectivity index (χ4v) is 3.36. The van der Waals surface area contributed by atoms with Crippen LogP contribution in [0.25, 0.3) is 10.9 Å². The van der Waals surface area contributed by atoms with E-state index in [9.17, 15) is 4.79 Å². The Morgan fingerprint density at radius 1 is 1.08 bits per heavy atom. The molecule has 1 aromatic heterocycles. The molecule has 25 heavy (non-hydrogen) atoms. The molecule has 2 heterocycles. The van der Waals surface area contributed by atoms with Gasteiger partial charge < -0.3 is 9.80 Å². The Balaban J connectivity index is 1.71. The molecule has 0 unspecified atom stereocenters. The summed E-state index contributed by atoms with van der Waals surface area (Å²) in [5, 5.41) is 1.19. The summed E-state index contributed by atoms with van der Waals surface area (Å²) in [6, 6.07) is 16.4. The molecule has 1 amide bonds. The quantitative estimate of drug-likeness (QED) is 0.714. The lowest BCUT2D eigenvalue weighted by Crippen LogP contribution is -2.21. The number of pyridine rings is 1. The predicted octanol–water partition coefficient (Wildman–Crippen LogP) is 3.94. The van der Waals surface area contributed by atoms with Gasteiger partial charge in [-0.3, -0.25) is 4.79 Å². The van der Waals surface area contributed by atoms with Gasteiger partial charge in [0.25, 0.3) is 5.91 Å². The van der Waals surface area contributed by atoms with Crippen LogP contribution in [0.1, 0.15) is 21.5 Å². The van der Waals surface area contributed by atoms with Gasteiger partial charge in [0.05, 0.1) is 5.52 Å². The molecule has 4 rings (SSSR count). The van der Waals surface area contributed by atoms with Gasteiger partial charge in [0.1, 0.15) is 5.82 Å². The minimum absolute atomic E-state index is 0.0213. The maximum atomic E-state index is 12.1. The molecular formula is C21H21N3O. The van der Waals surface area contributed by atoms with Gasteiger partial charge in [0.2, 0.25) is 0 Å². The van der Waals surface area contributed by atoms with E-state index in [-0.39, 0.29) is 5.91 Å². The molecule has 0 radical (unpaired) electrons. The van der Waals surface area contributed by atoms with E-state index in [0.717, 1.165) is 30.0 Å². The Kier molecular flexibility index (Phi) is 3.68. The zero-order chi connectivity index (χ0) is 17.6. The highest BCUT2D eigenvalue weighted by Gasteiger charge is 2.23. The van der Waals surface area contributed by atoms with Crippen molar-refractivity contribution in [3.05, 3.63) is 65.2 Å². The molecule has 0 N–H and O–H groups in total. The first-order valence-corrected chi connectivity index (χ1v) is 8.52. The lowest BCUT2D eigenvalue weighted by Gasteiger charge is -2.19.